The lowest BCUT2D eigenvalue weighted by Gasteiger charge is -2.25. The van der Waals surface area contributed by atoms with Gasteiger partial charge in [-0.25, -0.2) is 4.79 Å². The van der Waals surface area contributed by atoms with Crippen molar-refractivity contribution in [3.63, 3.8) is 0 Å². The first-order valence-electron chi connectivity index (χ1n) is 7.90. The van der Waals surface area contributed by atoms with Gasteiger partial charge in [-0.2, -0.15) is 0 Å². The third kappa shape index (κ3) is 4.31. The molecule has 1 aromatic carbocycles. The van der Waals surface area contributed by atoms with Crippen molar-refractivity contribution in [2.45, 2.75) is 44.7 Å². The molecule has 2 atom stereocenters. The van der Waals surface area contributed by atoms with Gasteiger partial charge in [0.15, 0.2) is 0 Å². The monoisotopic (exact) mass is 304 g/mol. The van der Waals surface area contributed by atoms with Gasteiger partial charge in [-0.05, 0) is 44.7 Å². The molecule has 0 aliphatic carbocycles. The van der Waals surface area contributed by atoms with Crippen LogP contribution in [-0.2, 0) is 16.0 Å². The van der Waals surface area contributed by atoms with Crippen molar-refractivity contribution in [1.82, 2.24) is 10.2 Å². The van der Waals surface area contributed by atoms with Gasteiger partial charge in [-0.1, -0.05) is 30.3 Å². The lowest BCUT2D eigenvalue weighted by atomic mass is 10.1. The number of benzene rings is 1. The quantitative estimate of drug-likeness (QED) is 0.752. The van der Waals surface area contributed by atoms with Gasteiger partial charge in [-0.3, -0.25) is 4.79 Å². The first-order valence-corrected chi connectivity index (χ1v) is 7.90. The zero-order valence-corrected chi connectivity index (χ0v) is 13.0. The lowest BCUT2D eigenvalue weighted by Crippen LogP contribution is -2.49. The van der Waals surface area contributed by atoms with Gasteiger partial charge in [0.25, 0.3) is 0 Å². The number of amides is 1. The van der Waals surface area contributed by atoms with Crippen LogP contribution in [0.15, 0.2) is 30.3 Å². The number of carboxylic acid groups (broad SMARTS) is 1. The summed E-state index contributed by atoms with van der Waals surface area (Å²) < 4.78 is 0. The van der Waals surface area contributed by atoms with E-state index in [-0.39, 0.29) is 11.9 Å². The van der Waals surface area contributed by atoms with Gasteiger partial charge >= 0.3 is 5.97 Å². The molecule has 2 N–H and O–H groups in total. The molecule has 0 radical (unpaired) electrons. The number of aryl methyl sites for hydroxylation is 1. The number of nitrogens with zero attached hydrogens (tertiary/aromatic N) is 1. The molecule has 0 unspecified atom stereocenters. The SMILES string of the molecule is C[C@H](NCCCc1ccccc1)C(=O)N1CCC[C@H]1C(=O)O. The highest BCUT2D eigenvalue weighted by Crippen LogP contribution is 2.18. The van der Waals surface area contributed by atoms with Crippen molar-refractivity contribution in [1.29, 1.82) is 0 Å². The van der Waals surface area contributed by atoms with Crippen molar-refractivity contribution in [2.24, 2.45) is 0 Å². The molecule has 1 heterocycles. The Kier molecular flexibility index (Phi) is 5.95. The van der Waals surface area contributed by atoms with E-state index in [0.717, 1.165) is 25.8 Å². The lowest BCUT2D eigenvalue weighted by molar-refractivity contribution is -0.148. The van der Waals surface area contributed by atoms with Crippen LogP contribution >= 0.6 is 0 Å². The second-order valence-electron chi connectivity index (χ2n) is 5.79. The number of nitrogens with one attached hydrogen (secondary N) is 1. The molecule has 5 nitrogen and oxygen atoms in total. The van der Waals surface area contributed by atoms with E-state index in [1.54, 1.807) is 0 Å². The van der Waals surface area contributed by atoms with Crippen LogP contribution in [0.1, 0.15) is 31.7 Å². The fourth-order valence-corrected chi connectivity index (χ4v) is 2.88. The van der Waals surface area contributed by atoms with E-state index >= 15 is 0 Å². The zero-order chi connectivity index (χ0) is 15.9. The van der Waals surface area contributed by atoms with Gasteiger partial charge in [0, 0.05) is 6.54 Å². The maximum absolute atomic E-state index is 12.3. The van der Waals surface area contributed by atoms with Crippen molar-refractivity contribution < 1.29 is 14.7 Å². The van der Waals surface area contributed by atoms with Gasteiger partial charge in [-0.15, -0.1) is 0 Å². The molecule has 0 spiro atoms. The van der Waals surface area contributed by atoms with E-state index in [9.17, 15) is 9.59 Å². The molecular formula is C17H24N2O3. The molecule has 1 aromatic rings. The van der Waals surface area contributed by atoms with E-state index in [0.29, 0.717) is 13.0 Å². The molecule has 1 aliphatic rings. The van der Waals surface area contributed by atoms with E-state index < -0.39 is 12.0 Å². The smallest absolute Gasteiger partial charge is 0.326 e. The molecule has 1 fully saturated rings. The van der Waals surface area contributed by atoms with Crippen LogP contribution in [0, 0.1) is 0 Å². The highest BCUT2D eigenvalue weighted by molar-refractivity contribution is 5.87. The standard InChI is InChI=1S/C17H24N2O3/c1-13(16(20)19-12-6-10-15(19)17(21)22)18-11-5-9-14-7-3-2-4-8-14/h2-4,7-8,13,15,18H,5-6,9-12H2,1H3,(H,21,22)/t13-,15-/m0/s1. The van der Waals surface area contributed by atoms with E-state index in [1.807, 2.05) is 25.1 Å². The third-order valence-electron chi connectivity index (χ3n) is 4.13. The summed E-state index contributed by atoms with van der Waals surface area (Å²) in [5.74, 6) is -1.01. The van der Waals surface area contributed by atoms with E-state index in [1.165, 1.54) is 10.5 Å². The van der Waals surface area contributed by atoms with Crippen LogP contribution in [0.25, 0.3) is 0 Å². The number of hydrogen-bond donors (Lipinski definition) is 2. The normalized spacial score (nSPS) is 19.1. The topological polar surface area (TPSA) is 69.6 Å². The number of hydrogen-bond acceptors (Lipinski definition) is 3. The van der Waals surface area contributed by atoms with Gasteiger partial charge in [0.1, 0.15) is 6.04 Å². The van der Waals surface area contributed by atoms with Crippen molar-refractivity contribution in [3.05, 3.63) is 35.9 Å². The molecule has 5 heteroatoms. The largest absolute Gasteiger partial charge is 0.480 e. The van der Waals surface area contributed by atoms with Crippen LogP contribution in [0.3, 0.4) is 0 Å². The molecule has 1 amide bonds. The summed E-state index contributed by atoms with van der Waals surface area (Å²) in [6.07, 6.45) is 3.24. The molecule has 120 valence electrons. The average molecular weight is 304 g/mol. The summed E-state index contributed by atoms with van der Waals surface area (Å²) in [5, 5.41) is 12.3. The highest BCUT2D eigenvalue weighted by Gasteiger charge is 2.35. The Morgan fingerprint density at radius 2 is 2.09 bits per heavy atom. The number of carbonyl (C=O) groups excluding carboxylic acids is 1. The van der Waals surface area contributed by atoms with E-state index in [4.69, 9.17) is 5.11 Å². The molecule has 0 saturated carbocycles. The molecule has 1 saturated heterocycles. The highest BCUT2D eigenvalue weighted by atomic mass is 16.4. The Hall–Kier alpha value is -1.88. The minimum atomic E-state index is -0.901. The molecule has 0 aromatic heterocycles. The van der Waals surface area contributed by atoms with Crippen LogP contribution in [0.2, 0.25) is 0 Å². The van der Waals surface area contributed by atoms with Gasteiger partial charge < -0.3 is 15.3 Å². The molecule has 0 bridgehead atoms. The summed E-state index contributed by atoms with van der Waals surface area (Å²) in [5.41, 5.74) is 1.29. The second-order valence-corrected chi connectivity index (χ2v) is 5.79. The first kappa shape index (κ1) is 16.5. The predicted octanol–water partition coefficient (Wildman–Crippen LogP) is 1.67. The van der Waals surface area contributed by atoms with Gasteiger partial charge in [0.05, 0.1) is 6.04 Å². The van der Waals surface area contributed by atoms with Gasteiger partial charge in [0.2, 0.25) is 5.91 Å². The summed E-state index contributed by atoms with van der Waals surface area (Å²) in [4.78, 5) is 25.0. The number of carbonyl (C=O) groups is 2. The predicted molar refractivity (Wildman–Crippen MR) is 84.6 cm³/mol. The Morgan fingerprint density at radius 1 is 1.36 bits per heavy atom. The van der Waals surface area contributed by atoms with Crippen LogP contribution < -0.4 is 5.32 Å². The number of likely N-dealkylation sites (tertiary alicyclic amines) is 1. The summed E-state index contributed by atoms with van der Waals surface area (Å²) in [6, 6.07) is 9.24. The second kappa shape index (κ2) is 7.94. The summed E-state index contributed by atoms with van der Waals surface area (Å²) >= 11 is 0. The maximum Gasteiger partial charge on any atom is 0.326 e. The van der Waals surface area contributed by atoms with Crippen LogP contribution in [0.5, 0.6) is 0 Å². The minimum absolute atomic E-state index is 0.107. The Balaban J connectivity index is 1.73. The maximum atomic E-state index is 12.3. The number of carboxylic acids is 1. The van der Waals surface area contributed by atoms with E-state index in [2.05, 4.69) is 17.4 Å². The first-order chi connectivity index (χ1) is 10.6. The summed E-state index contributed by atoms with van der Waals surface area (Å²) in [7, 11) is 0. The minimum Gasteiger partial charge on any atom is -0.480 e. The van der Waals surface area contributed by atoms with Crippen LogP contribution in [0.4, 0.5) is 0 Å². The number of aliphatic carboxylic acids is 1. The third-order valence-corrected chi connectivity index (χ3v) is 4.13. The summed E-state index contributed by atoms with van der Waals surface area (Å²) in [6.45, 7) is 3.10. The Morgan fingerprint density at radius 3 is 2.77 bits per heavy atom. The zero-order valence-electron chi connectivity index (χ0n) is 13.0. The van der Waals surface area contributed by atoms with Crippen molar-refractivity contribution in [2.75, 3.05) is 13.1 Å². The average Bonchev–Trinajstić information content (AvgIpc) is 3.01. The fraction of sp³-hybridized carbons (Fsp3) is 0.529. The Labute approximate surface area is 131 Å². The Bertz CT molecular complexity index is 504. The van der Waals surface area contributed by atoms with Crippen LogP contribution in [-0.4, -0.2) is 47.1 Å². The fourth-order valence-electron chi connectivity index (χ4n) is 2.88. The molecule has 1 aliphatic heterocycles. The number of rotatable bonds is 7. The molecular weight excluding hydrogens is 280 g/mol. The molecule has 22 heavy (non-hydrogen) atoms. The van der Waals surface area contributed by atoms with Crippen molar-refractivity contribution in [3.8, 4) is 0 Å². The van der Waals surface area contributed by atoms with Crippen molar-refractivity contribution >= 4 is 11.9 Å². The molecule has 2 rings (SSSR count).